The van der Waals surface area contributed by atoms with Crippen molar-refractivity contribution in [2.45, 2.75) is 24.7 Å². The lowest BCUT2D eigenvalue weighted by molar-refractivity contribution is -0.143. The molecule has 0 radical (unpaired) electrons. The lowest BCUT2D eigenvalue weighted by Crippen LogP contribution is -2.53. The van der Waals surface area contributed by atoms with E-state index < -0.39 is 5.60 Å². The Balaban J connectivity index is 1.20. The summed E-state index contributed by atoms with van der Waals surface area (Å²) < 4.78 is 5.91. The van der Waals surface area contributed by atoms with Crippen molar-refractivity contribution >= 4 is 29.1 Å². The van der Waals surface area contributed by atoms with Gasteiger partial charge in [0.25, 0.3) is 11.8 Å². The second-order valence-electron chi connectivity index (χ2n) is 8.02. The second kappa shape index (κ2) is 7.18. The summed E-state index contributed by atoms with van der Waals surface area (Å²) in [6, 6.07) is 12.8. The first-order chi connectivity index (χ1) is 14.4. The van der Waals surface area contributed by atoms with E-state index in [4.69, 9.17) is 16.3 Å². The third-order valence-electron chi connectivity index (χ3n) is 5.91. The summed E-state index contributed by atoms with van der Waals surface area (Å²) in [5.74, 6) is 0.479. The molecule has 7 nitrogen and oxygen atoms in total. The number of hydrogen-bond acceptors (Lipinski definition) is 5. The van der Waals surface area contributed by atoms with Crippen LogP contribution in [0.1, 0.15) is 35.0 Å². The Labute approximate surface area is 179 Å². The number of anilines is 1. The van der Waals surface area contributed by atoms with Gasteiger partial charge in [-0.3, -0.25) is 9.59 Å². The molecule has 1 saturated heterocycles. The molecule has 2 amide bonds. The molecule has 5 rings (SSSR count). The molecule has 2 aliphatic heterocycles. The van der Waals surface area contributed by atoms with E-state index >= 15 is 0 Å². The highest BCUT2D eigenvalue weighted by atomic mass is 35.5. The molecule has 156 valence electrons. The highest BCUT2D eigenvalue weighted by molar-refractivity contribution is 6.31. The van der Waals surface area contributed by atoms with Crippen molar-refractivity contribution < 1.29 is 19.4 Å². The van der Waals surface area contributed by atoms with Gasteiger partial charge in [-0.15, -0.1) is 0 Å². The summed E-state index contributed by atoms with van der Waals surface area (Å²) in [4.78, 5) is 28.5. The molecular formula is C22H22ClN3O4. The van der Waals surface area contributed by atoms with Crippen LogP contribution in [0.15, 0.2) is 42.5 Å². The van der Waals surface area contributed by atoms with Crippen molar-refractivity contribution in [3.05, 3.63) is 58.6 Å². The maximum Gasteiger partial charge on any atom is 0.254 e. The fourth-order valence-corrected chi connectivity index (χ4v) is 4.06. The fraction of sp³-hybridized carbons (Fsp3) is 0.364. The average Bonchev–Trinajstić information content (AvgIpc) is 3.38. The van der Waals surface area contributed by atoms with Crippen LogP contribution in [0.2, 0.25) is 5.02 Å². The molecule has 2 aromatic rings. The minimum absolute atomic E-state index is 0.0610. The summed E-state index contributed by atoms with van der Waals surface area (Å²) in [5.41, 5.74) is 1.20. The van der Waals surface area contributed by atoms with Crippen molar-refractivity contribution in [1.82, 2.24) is 9.80 Å². The third kappa shape index (κ3) is 3.48. The van der Waals surface area contributed by atoms with E-state index in [1.54, 1.807) is 28.0 Å². The van der Waals surface area contributed by atoms with Crippen molar-refractivity contribution in [3.63, 3.8) is 0 Å². The van der Waals surface area contributed by atoms with Crippen molar-refractivity contribution in [2.75, 3.05) is 31.5 Å². The number of aliphatic hydroxyl groups is 1. The van der Waals surface area contributed by atoms with Crippen molar-refractivity contribution in [2.24, 2.45) is 0 Å². The van der Waals surface area contributed by atoms with Gasteiger partial charge >= 0.3 is 0 Å². The molecular weight excluding hydrogens is 406 g/mol. The molecule has 1 saturated carbocycles. The number of carbonyl (C=O) groups is 2. The van der Waals surface area contributed by atoms with Crippen LogP contribution in [0.3, 0.4) is 0 Å². The summed E-state index contributed by atoms with van der Waals surface area (Å²) >= 11 is 6.03. The molecule has 2 N–H and O–H groups in total. The number of nitrogens with one attached hydrogen (secondary N) is 1. The van der Waals surface area contributed by atoms with Gasteiger partial charge in [0.15, 0.2) is 6.23 Å². The molecule has 1 aliphatic carbocycles. The largest absolute Gasteiger partial charge is 0.464 e. The van der Waals surface area contributed by atoms with E-state index in [0.29, 0.717) is 49.6 Å². The van der Waals surface area contributed by atoms with Crippen LogP contribution in [-0.4, -0.2) is 58.5 Å². The van der Waals surface area contributed by atoms with Gasteiger partial charge in [-0.1, -0.05) is 23.7 Å². The van der Waals surface area contributed by atoms with Crippen LogP contribution in [-0.2, 0) is 4.79 Å². The topological polar surface area (TPSA) is 82.1 Å². The molecule has 2 heterocycles. The molecule has 2 aromatic carbocycles. The van der Waals surface area contributed by atoms with Crippen LogP contribution in [0.5, 0.6) is 5.75 Å². The zero-order valence-corrected chi connectivity index (χ0v) is 17.1. The Morgan fingerprint density at radius 1 is 1.03 bits per heavy atom. The van der Waals surface area contributed by atoms with E-state index in [-0.39, 0.29) is 18.0 Å². The molecule has 8 heteroatoms. The molecule has 2 fully saturated rings. The van der Waals surface area contributed by atoms with Gasteiger partial charge in [0.05, 0.1) is 5.69 Å². The maximum atomic E-state index is 12.8. The van der Waals surface area contributed by atoms with E-state index in [1.165, 1.54) is 0 Å². The molecule has 3 aliphatic rings. The van der Waals surface area contributed by atoms with Crippen LogP contribution >= 0.6 is 11.6 Å². The molecule has 0 bridgehead atoms. The predicted molar refractivity (Wildman–Crippen MR) is 112 cm³/mol. The SMILES string of the molecule is O=C(c1ccc(C2Nc3cc(Cl)ccc3O2)cc1)N1CCN(C(=O)C2(O)CC2)CC1. The van der Waals surface area contributed by atoms with Gasteiger partial charge in [0.1, 0.15) is 11.4 Å². The lowest BCUT2D eigenvalue weighted by Gasteiger charge is -2.35. The van der Waals surface area contributed by atoms with E-state index in [0.717, 1.165) is 17.0 Å². The predicted octanol–water partition coefficient (Wildman–Crippen LogP) is 2.65. The van der Waals surface area contributed by atoms with Gasteiger partial charge in [0, 0.05) is 42.3 Å². The highest BCUT2D eigenvalue weighted by Crippen LogP contribution is 2.39. The number of rotatable bonds is 3. The summed E-state index contributed by atoms with van der Waals surface area (Å²) in [6.45, 7) is 1.83. The number of hydrogen-bond donors (Lipinski definition) is 2. The maximum absolute atomic E-state index is 12.8. The van der Waals surface area contributed by atoms with Gasteiger partial charge in [0.2, 0.25) is 0 Å². The second-order valence-corrected chi connectivity index (χ2v) is 8.46. The van der Waals surface area contributed by atoms with Gasteiger partial charge in [-0.2, -0.15) is 0 Å². The molecule has 0 aromatic heterocycles. The lowest BCUT2D eigenvalue weighted by atomic mass is 10.1. The number of benzene rings is 2. The first-order valence-electron chi connectivity index (χ1n) is 10.1. The normalized spacial score (nSPS) is 21.5. The molecule has 1 atom stereocenters. The smallest absolute Gasteiger partial charge is 0.254 e. The zero-order valence-electron chi connectivity index (χ0n) is 16.3. The molecule has 0 spiro atoms. The van der Waals surface area contributed by atoms with Crippen LogP contribution in [0.25, 0.3) is 0 Å². The number of nitrogens with zero attached hydrogens (tertiary/aromatic N) is 2. The Morgan fingerprint density at radius 2 is 1.70 bits per heavy atom. The molecule has 1 unspecified atom stereocenters. The van der Waals surface area contributed by atoms with Crippen LogP contribution in [0.4, 0.5) is 5.69 Å². The first kappa shape index (κ1) is 19.2. The average molecular weight is 428 g/mol. The third-order valence-corrected chi connectivity index (χ3v) is 6.14. The minimum atomic E-state index is -1.15. The number of amides is 2. The summed E-state index contributed by atoms with van der Waals surface area (Å²) in [6.07, 6.45) is 0.745. The van der Waals surface area contributed by atoms with E-state index in [9.17, 15) is 14.7 Å². The summed E-state index contributed by atoms with van der Waals surface area (Å²) in [5, 5.41) is 13.9. The van der Waals surface area contributed by atoms with Crippen molar-refractivity contribution in [3.8, 4) is 5.75 Å². The zero-order chi connectivity index (χ0) is 20.9. The van der Waals surface area contributed by atoms with E-state index in [1.807, 2.05) is 24.3 Å². The van der Waals surface area contributed by atoms with Crippen LogP contribution in [0, 0.1) is 0 Å². The highest BCUT2D eigenvalue weighted by Gasteiger charge is 2.50. The fourth-order valence-electron chi connectivity index (χ4n) is 3.89. The minimum Gasteiger partial charge on any atom is -0.464 e. The number of ether oxygens (including phenoxy) is 1. The Morgan fingerprint density at radius 3 is 2.37 bits per heavy atom. The van der Waals surface area contributed by atoms with Crippen molar-refractivity contribution in [1.29, 1.82) is 0 Å². The van der Waals surface area contributed by atoms with Crippen LogP contribution < -0.4 is 10.1 Å². The Bertz CT molecular complexity index is 998. The van der Waals surface area contributed by atoms with Gasteiger partial charge < -0.3 is 25.0 Å². The molecule has 30 heavy (non-hydrogen) atoms. The van der Waals surface area contributed by atoms with E-state index in [2.05, 4.69) is 5.32 Å². The van der Waals surface area contributed by atoms with Gasteiger partial charge in [-0.05, 0) is 43.2 Å². The Kier molecular flexibility index (Phi) is 4.60. The summed E-state index contributed by atoms with van der Waals surface area (Å²) in [7, 11) is 0. The Hall–Kier alpha value is -2.77. The van der Waals surface area contributed by atoms with Gasteiger partial charge in [-0.25, -0.2) is 0 Å². The first-order valence-corrected chi connectivity index (χ1v) is 10.4. The standard InChI is InChI=1S/C22H22ClN3O4/c23-16-5-6-18-17(13-16)24-19(30-18)14-1-3-15(4-2-14)20(27)25-9-11-26(12-10-25)21(28)22(29)7-8-22/h1-6,13,19,24,29H,7-12H2. The number of halogens is 1. The number of carbonyl (C=O) groups excluding carboxylic acids is 2. The monoisotopic (exact) mass is 427 g/mol. The quantitative estimate of drug-likeness (QED) is 0.787. The number of piperazine rings is 1. The number of fused-ring (bicyclic) bond motifs is 1.